The van der Waals surface area contributed by atoms with Crippen molar-refractivity contribution >= 4 is 66.4 Å². The molecule has 2 heteroatoms. The zero-order chi connectivity index (χ0) is 41.9. The minimum Gasteiger partial charge on any atom is -0.310 e. The van der Waals surface area contributed by atoms with Crippen LogP contribution in [0.2, 0.25) is 0 Å². The molecule has 5 aliphatic carbocycles. The Morgan fingerprint density at radius 2 is 0.828 bits per heavy atom. The summed E-state index contributed by atoms with van der Waals surface area (Å²) in [4.78, 5) is 4.97. The number of nitrogens with zero attached hydrogens (tertiary/aromatic N) is 2. The van der Waals surface area contributed by atoms with Crippen LogP contribution in [0.5, 0.6) is 0 Å². The van der Waals surface area contributed by atoms with Crippen molar-refractivity contribution in [1.29, 1.82) is 0 Å². The molecule has 1 spiro atoms. The van der Waals surface area contributed by atoms with Gasteiger partial charge in [-0.05, 0) is 171 Å². The largest absolute Gasteiger partial charge is 0.310 e. The fourth-order valence-corrected chi connectivity index (χ4v) is 13.9. The maximum Gasteiger partial charge on any atom is 0.0540 e. The molecule has 5 aliphatic rings. The summed E-state index contributed by atoms with van der Waals surface area (Å²) >= 11 is 0. The molecular formula is C62H48N2. The van der Waals surface area contributed by atoms with Crippen LogP contribution in [0.4, 0.5) is 34.1 Å². The fourth-order valence-electron chi connectivity index (χ4n) is 13.9. The second-order valence-corrected chi connectivity index (χ2v) is 19.3. The molecule has 4 saturated carbocycles. The van der Waals surface area contributed by atoms with E-state index in [4.69, 9.17) is 0 Å². The van der Waals surface area contributed by atoms with Crippen LogP contribution in [0.3, 0.4) is 0 Å². The maximum atomic E-state index is 2.57. The van der Waals surface area contributed by atoms with Crippen LogP contribution >= 0.6 is 0 Å². The first kappa shape index (κ1) is 36.3. The van der Waals surface area contributed by atoms with Gasteiger partial charge in [-0.1, -0.05) is 146 Å². The molecule has 0 saturated heterocycles. The predicted molar refractivity (Wildman–Crippen MR) is 268 cm³/mol. The Morgan fingerprint density at radius 3 is 1.44 bits per heavy atom. The monoisotopic (exact) mass is 820 g/mol. The Hall–Kier alpha value is -7.16. The average Bonchev–Trinajstić information content (AvgIpc) is 3.64. The summed E-state index contributed by atoms with van der Waals surface area (Å²) in [5, 5.41) is 7.61. The number of anilines is 6. The van der Waals surface area contributed by atoms with Gasteiger partial charge in [-0.25, -0.2) is 0 Å². The van der Waals surface area contributed by atoms with Crippen molar-refractivity contribution in [3.63, 3.8) is 0 Å². The Bertz CT molecular complexity index is 3380. The van der Waals surface area contributed by atoms with Gasteiger partial charge in [0.25, 0.3) is 0 Å². The highest BCUT2D eigenvalue weighted by Gasteiger charge is 2.61. The zero-order valence-corrected chi connectivity index (χ0v) is 35.9. The van der Waals surface area contributed by atoms with Crippen LogP contribution in [0.1, 0.15) is 43.2 Å². The molecule has 0 aromatic heterocycles. The minimum atomic E-state index is 0.149. The Kier molecular flexibility index (Phi) is 7.90. The second kappa shape index (κ2) is 13.9. The molecule has 0 N–H and O–H groups in total. The van der Waals surface area contributed by atoms with Gasteiger partial charge >= 0.3 is 0 Å². The lowest BCUT2D eigenvalue weighted by Gasteiger charge is -2.61. The number of para-hydroxylation sites is 2. The standard InChI is InChI=1S/C62H48N2/c1-4-13-42(14-5-1)45-15-12-20-50(38-45)63(48-16-6-2-7-17-48)58-31-25-43-24-29-54-59(32-26-44-23-28-53(58)60(43)61(44)54)64(49-18-8-3-9-19-49)51-27-30-57-55(39-51)52-21-10-11-22-56(52)62(57)46-34-40-33-41(36-46)37-47(62)35-40/h1-32,38-41,46-47H,33-37H2. The Morgan fingerprint density at radius 1 is 0.344 bits per heavy atom. The summed E-state index contributed by atoms with van der Waals surface area (Å²) in [6, 6.07) is 77.4. The number of rotatable bonds is 7. The highest BCUT2D eigenvalue weighted by molar-refractivity contribution is 6.28. The van der Waals surface area contributed by atoms with Gasteiger partial charge in [0, 0.05) is 38.9 Å². The molecule has 0 radical (unpaired) electrons. The molecule has 4 fully saturated rings. The van der Waals surface area contributed by atoms with Crippen LogP contribution in [0.25, 0.3) is 54.6 Å². The van der Waals surface area contributed by atoms with Crippen molar-refractivity contribution in [3.05, 3.63) is 217 Å². The lowest BCUT2D eigenvalue weighted by molar-refractivity contribution is -0.0399. The van der Waals surface area contributed by atoms with Crippen LogP contribution in [0, 0.1) is 23.7 Å². The van der Waals surface area contributed by atoms with E-state index in [2.05, 4.69) is 216 Å². The lowest BCUT2D eigenvalue weighted by atomic mass is 9.43. The number of fused-ring (bicyclic) bond motifs is 3. The van der Waals surface area contributed by atoms with E-state index < -0.39 is 0 Å². The molecule has 0 aliphatic heterocycles. The van der Waals surface area contributed by atoms with E-state index in [9.17, 15) is 0 Å². The van der Waals surface area contributed by atoms with Gasteiger partial charge in [-0.2, -0.15) is 0 Å². The Labute approximate surface area is 375 Å². The average molecular weight is 821 g/mol. The fraction of sp³-hybridized carbons (Fsp3) is 0.161. The molecule has 10 aromatic carbocycles. The number of benzene rings is 10. The molecular weight excluding hydrogens is 773 g/mol. The molecule has 306 valence electrons. The van der Waals surface area contributed by atoms with Gasteiger partial charge in [0.2, 0.25) is 0 Å². The zero-order valence-electron chi connectivity index (χ0n) is 35.9. The summed E-state index contributed by atoms with van der Waals surface area (Å²) in [5.41, 5.74) is 15.7. The van der Waals surface area contributed by atoms with Gasteiger partial charge < -0.3 is 9.80 Å². The second-order valence-electron chi connectivity index (χ2n) is 19.3. The molecule has 10 aromatic rings. The van der Waals surface area contributed by atoms with Crippen LogP contribution in [-0.2, 0) is 5.41 Å². The van der Waals surface area contributed by atoms with E-state index in [0.717, 1.165) is 35.0 Å². The molecule has 0 unspecified atom stereocenters. The summed E-state index contributed by atoms with van der Waals surface area (Å²) in [7, 11) is 0. The number of hydrogen-bond acceptors (Lipinski definition) is 2. The maximum absolute atomic E-state index is 2.57. The van der Waals surface area contributed by atoms with E-state index in [-0.39, 0.29) is 5.41 Å². The molecule has 2 nitrogen and oxygen atoms in total. The molecule has 0 amide bonds. The van der Waals surface area contributed by atoms with Crippen molar-refractivity contribution in [3.8, 4) is 22.3 Å². The lowest BCUT2D eigenvalue weighted by Crippen LogP contribution is -2.55. The third-order valence-electron chi connectivity index (χ3n) is 16.1. The smallest absolute Gasteiger partial charge is 0.0540 e. The minimum absolute atomic E-state index is 0.149. The molecule has 15 rings (SSSR count). The van der Waals surface area contributed by atoms with Crippen molar-refractivity contribution in [2.24, 2.45) is 23.7 Å². The normalized spacial score (nSPS) is 21.5. The highest BCUT2D eigenvalue weighted by Crippen LogP contribution is 2.69. The summed E-state index contributed by atoms with van der Waals surface area (Å²) in [6.45, 7) is 0. The summed E-state index contributed by atoms with van der Waals surface area (Å²) in [5.74, 6) is 3.34. The van der Waals surface area contributed by atoms with E-state index in [0.29, 0.717) is 0 Å². The third kappa shape index (κ3) is 5.20. The molecule has 64 heavy (non-hydrogen) atoms. The van der Waals surface area contributed by atoms with Gasteiger partial charge in [0.1, 0.15) is 0 Å². The SMILES string of the molecule is c1ccc(-c2cccc(N(c3ccccc3)c3ccc4ccc5c(N(c6ccccc6)c6ccc7c(c6)-c6ccccc6C76C7CC8CC(C7)CC6C8)ccc6ccc3c4c65)c2)cc1. The topological polar surface area (TPSA) is 6.48 Å². The Balaban J connectivity index is 0.960. The predicted octanol–water partition coefficient (Wildman–Crippen LogP) is 16.9. The van der Waals surface area contributed by atoms with Crippen LogP contribution < -0.4 is 9.80 Å². The van der Waals surface area contributed by atoms with Crippen molar-refractivity contribution < 1.29 is 0 Å². The molecule has 4 bridgehead atoms. The molecule has 0 atom stereocenters. The van der Waals surface area contributed by atoms with Gasteiger partial charge in [-0.15, -0.1) is 0 Å². The third-order valence-corrected chi connectivity index (χ3v) is 16.1. The van der Waals surface area contributed by atoms with E-state index >= 15 is 0 Å². The summed E-state index contributed by atoms with van der Waals surface area (Å²) < 4.78 is 0. The highest BCUT2D eigenvalue weighted by atomic mass is 15.1. The first-order chi connectivity index (χ1) is 31.7. The van der Waals surface area contributed by atoms with Crippen molar-refractivity contribution in [1.82, 2.24) is 0 Å². The van der Waals surface area contributed by atoms with Gasteiger partial charge in [-0.3, -0.25) is 0 Å². The first-order valence-corrected chi connectivity index (χ1v) is 23.5. The van der Waals surface area contributed by atoms with Crippen LogP contribution in [0.15, 0.2) is 206 Å². The van der Waals surface area contributed by atoms with E-state index in [1.165, 1.54) is 109 Å². The number of hydrogen-bond donors (Lipinski definition) is 0. The molecule has 0 heterocycles. The van der Waals surface area contributed by atoms with E-state index in [1.54, 1.807) is 11.1 Å². The van der Waals surface area contributed by atoms with Crippen LogP contribution in [-0.4, -0.2) is 0 Å². The van der Waals surface area contributed by atoms with Gasteiger partial charge in [0.15, 0.2) is 0 Å². The first-order valence-electron chi connectivity index (χ1n) is 23.5. The van der Waals surface area contributed by atoms with E-state index in [1.807, 2.05) is 0 Å². The van der Waals surface area contributed by atoms with Crippen molar-refractivity contribution in [2.45, 2.75) is 37.5 Å². The van der Waals surface area contributed by atoms with Crippen molar-refractivity contribution in [2.75, 3.05) is 9.80 Å². The summed E-state index contributed by atoms with van der Waals surface area (Å²) in [6.07, 6.45) is 7.05. The quantitative estimate of drug-likeness (QED) is 0.148. The van der Waals surface area contributed by atoms with Gasteiger partial charge in [0.05, 0.1) is 11.4 Å².